The maximum absolute atomic E-state index is 16.0. The molecule has 5 rings (SSSR count). The number of methoxy groups -OCH3 is 2. The van der Waals surface area contributed by atoms with Crippen molar-refractivity contribution in [3.63, 3.8) is 0 Å². The second kappa shape index (κ2) is 10.5. The molecule has 2 aromatic heterocycles. The van der Waals surface area contributed by atoms with E-state index in [4.69, 9.17) is 4.74 Å². The van der Waals surface area contributed by atoms with Crippen LogP contribution in [0.5, 0.6) is 5.75 Å². The number of nitrogens with zero attached hydrogens (tertiary/aromatic N) is 2. The molecule has 2 aromatic carbocycles. The Morgan fingerprint density at radius 1 is 0.975 bits per heavy atom. The summed E-state index contributed by atoms with van der Waals surface area (Å²) in [5, 5.41) is 1.89. The normalized spacial score (nSPS) is 19.3. The van der Waals surface area contributed by atoms with Gasteiger partial charge in [-0.25, -0.2) is 22.2 Å². The van der Waals surface area contributed by atoms with E-state index >= 15 is 17.6 Å². The Balaban J connectivity index is 1.58. The van der Waals surface area contributed by atoms with Gasteiger partial charge in [0.25, 0.3) is 17.3 Å². The molecule has 0 spiro atoms. The van der Waals surface area contributed by atoms with Crippen molar-refractivity contribution < 1.29 is 31.8 Å². The van der Waals surface area contributed by atoms with Crippen LogP contribution in [0, 0.1) is 0 Å². The fraction of sp³-hybridized carbons (Fsp3) is 0.172. The van der Waals surface area contributed by atoms with Crippen LogP contribution in [-0.4, -0.2) is 41.4 Å². The van der Waals surface area contributed by atoms with Crippen molar-refractivity contribution in [2.24, 2.45) is 0 Å². The first kappa shape index (κ1) is 26.9. The lowest BCUT2D eigenvalue weighted by molar-refractivity contribution is -0.129. The monoisotopic (exact) mass is 553 g/mol. The molecule has 2 unspecified atom stereocenters. The van der Waals surface area contributed by atoms with Crippen molar-refractivity contribution in [2.75, 3.05) is 14.2 Å². The van der Waals surface area contributed by atoms with E-state index in [2.05, 4.69) is 4.74 Å². The number of aromatic nitrogens is 2. The number of hydrogen-bond donors (Lipinski definition) is 1. The Morgan fingerprint density at radius 3 is 2.30 bits per heavy atom. The van der Waals surface area contributed by atoms with Crippen LogP contribution in [0.4, 0.5) is 17.6 Å². The molecular formula is C29H23F4N3O4. The molecule has 0 fully saturated rings. The van der Waals surface area contributed by atoms with E-state index in [0.29, 0.717) is 11.3 Å². The minimum Gasteiger partial charge on any atom is -0.497 e. The largest absolute Gasteiger partial charge is 0.497 e. The van der Waals surface area contributed by atoms with Crippen LogP contribution in [0.3, 0.4) is 0 Å². The lowest BCUT2D eigenvalue weighted by Gasteiger charge is -2.34. The van der Waals surface area contributed by atoms with Gasteiger partial charge >= 0.3 is 0 Å². The fourth-order valence-electron chi connectivity index (χ4n) is 4.66. The third kappa shape index (κ3) is 4.37. The predicted octanol–water partition coefficient (Wildman–Crippen LogP) is 5.11. The summed E-state index contributed by atoms with van der Waals surface area (Å²) in [6.45, 7) is 0.0355. The second-order valence-electron chi connectivity index (χ2n) is 8.96. The van der Waals surface area contributed by atoms with Gasteiger partial charge in [-0.2, -0.15) is 0 Å². The second-order valence-corrected chi connectivity index (χ2v) is 8.96. The van der Waals surface area contributed by atoms with Crippen LogP contribution in [0.1, 0.15) is 21.5 Å². The average Bonchev–Trinajstić information content (AvgIpc) is 3.26. The number of halogens is 4. The number of ether oxygens (including phenoxy) is 2. The molecule has 0 saturated carbocycles. The number of nitrogens with one attached hydrogen (secondary N) is 1. The molecule has 0 radical (unpaired) electrons. The van der Waals surface area contributed by atoms with Gasteiger partial charge in [-0.05, 0) is 35.4 Å². The molecule has 4 aromatic rings. The number of benzene rings is 2. The number of carbonyl (C=O) groups is 1. The average molecular weight is 554 g/mol. The Morgan fingerprint density at radius 2 is 1.65 bits per heavy atom. The maximum atomic E-state index is 16.0. The molecule has 1 N–H and O–H groups in total. The number of alkyl halides is 2. The predicted molar refractivity (Wildman–Crippen MR) is 140 cm³/mol. The highest BCUT2D eigenvalue weighted by Gasteiger charge is 2.54. The highest BCUT2D eigenvalue weighted by molar-refractivity contribution is 6.01. The SMILES string of the molecule is COc1ccc(Cn2c(=O)c(C(=O)NC3=C(F)C(F)=C(c4ccccc4)C(F)C3(F)OC)c3ccccn32)cc1. The van der Waals surface area contributed by atoms with Crippen LogP contribution in [0.2, 0.25) is 0 Å². The topological polar surface area (TPSA) is 74.0 Å². The zero-order chi connectivity index (χ0) is 28.6. The third-order valence-electron chi connectivity index (χ3n) is 6.71. The highest BCUT2D eigenvalue weighted by atomic mass is 19.2. The molecule has 1 aliphatic carbocycles. The Bertz CT molecular complexity index is 1710. The van der Waals surface area contributed by atoms with Crippen molar-refractivity contribution in [1.29, 1.82) is 0 Å². The molecule has 0 aliphatic heterocycles. The van der Waals surface area contributed by atoms with E-state index < -0.39 is 52.0 Å². The van der Waals surface area contributed by atoms with Gasteiger partial charge in [-0.15, -0.1) is 0 Å². The summed E-state index contributed by atoms with van der Waals surface area (Å²) in [6, 6.07) is 18.5. The summed E-state index contributed by atoms with van der Waals surface area (Å²) in [5.41, 5.74) is -2.90. The van der Waals surface area contributed by atoms with Gasteiger partial charge in [0.1, 0.15) is 17.0 Å². The van der Waals surface area contributed by atoms with Gasteiger partial charge < -0.3 is 14.8 Å². The van der Waals surface area contributed by atoms with Gasteiger partial charge in [0, 0.05) is 18.9 Å². The number of rotatable bonds is 7. The number of allylic oxidation sites excluding steroid dienone is 2. The number of fused-ring (bicyclic) bond motifs is 1. The molecule has 7 nitrogen and oxygen atoms in total. The molecule has 11 heteroatoms. The van der Waals surface area contributed by atoms with Crippen LogP contribution >= 0.6 is 0 Å². The molecule has 0 saturated heterocycles. The maximum Gasteiger partial charge on any atom is 0.289 e. The first-order valence-electron chi connectivity index (χ1n) is 12.1. The minimum atomic E-state index is -3.60. The molecule has 2 atom stereocenters. The van der Waals surface area contributed by atoms with Gasteiger partial charge in [-0.1, -0.05) is 48.5 Å². The van der Waals surface area contributed by atoms with Gasteiger partial charge in [0.2, 0.25) is 0 Å². The number of hydrogen-bond acceptors (Lipinski definition) is 4. The van der Waals surface area contributed by atoms with Crippen LogP contribution in [0.25, 0.3) is 11.1 Å². The first-order chi connectivity index (χ1) is 19.2. The third-order valence-corrected chi connectivity index (χ3v) is 6.71. The van der Waals surface area contributed by atoms with E-state index in [9.17, 15) is 9.59 Å². The van der Waals surface area contributed by atoms with Gasteiger partial charge in [0.05, 0.1) is 19.2 Å². The highest BCUT2D eigenvalue weighted by Crippen LogP contribution is 2.46. The molecule has 0 bridgehead atoms. The lowest BCUT2D eigenvalue weighted by atomic mass is 9.88. The Labute approximate surface area is 225 Å². The van der Waals surface area contributed by atoms with Crippen LogP contribution in [0.15, 0.2) is 101 Å². The smallest absolute Gasteiger partial charge is 0.289 e. The van der Waals surface area contributed by atoms with Crippen molar-refractivity contribution in [3.8, 4) is 5.75 Å². The molecular weight excluding hydrogens is 530 g/mol. The lowest BCUT2D eigenvalue weighted by Crippen LogP contribution is -2.49. The van der Waals surface area contributed by atoms with Crippen molar-refractivity contribution >= 4 is 17.0 Å². The first-order valence-corrected chi connectivity index (χ1v) is 12.1. The van der Waals surface area contributed by atoms with Gasteiger partial charge in [0.15, 0.2) is 17.8 Å². The number of pyridine rings is 1. The van der Waals surface area contributed by atoms with Crippen molar-refractivity contribution in [3.05, 3.63) is 123 Å². The standard InChI is InChI=1S/C29H23F4N3O4/c1-39-19-13-11-17(12-14-19)16-36-28(38)22(20-10-6-7-15-35(20)36)27(37)34-26-24(31)23(30)21(18-8-4-3-5-9-18)25(32)29(26,33)40-2/h3-15,25H,16H2,1-2H3,(H,34,37). The van der Waals surface area contributed by atoms with E-state index in [-0.39, 0.29) is 17.6 Å². The number of amides is 1. The molecule has 1 amide bonds. The van der Waals surface area contributed by atoms with E-state index in [1.807, 2.05) is 5.32 Å². The fourth-order valence-corrected chi connectivity index (χ4v) is 4.66. The Kier molecular flexibility index (Phi) is 7.07. The summed E-state index contributed by atoms with van der Waals surface area (Å²) in [5.74, 6) is -7.81. The van der Waals surface area contributed by atoms with E-state index in [1.54, 1.807) is 42.5 Å². The molecule has 2 heterocycles. The summed E-state index contributed by atoms with van der Waals surface area (Å²) >= 11 is 0. The minimum absolute atomic E-state index is 0.0355. The van der Waals surface area contributed by atoms with E-state index in [0.717, 1.165) is 7.11 Å². The van der Waals surface area contributed by atoms with Gasteiger partial charge in [-0.3, -0.25) is 14.1 Å². The summed E-state index contributed by atoms with van der Waals surface area (Å²) in [4.78, 5) is 26.8. The summed E-state index contributed by atoms with van der Waals surface area (Å²) < 4.78 is 74.4. The zero-order valence-corrected chi connectivity index (χ0v) is 21.3. The summed E-state index contributed by atoms with van der Waals surface area (Å²) in [7, 11) is 2.27. The zero-order valence-electron chi connectivity index (χ0n) is 21.3. The van der Waals surface area contributed by atoms with Crippen molar-refractivity contribution in [2.45, 2.75) is 18.6 Å². The Hall–Kier alpha value is -4.64. The van der Waals surface area contributed by atoms with Crippen LogP contribution in [-0.2, 0) is 11.3 Å². The van der Waals surface area contributed by atoms with E-state index in [1.165, 1.54) is 52.8 Å². The summed E-state index contributed by atoms with van der Waals surface area (Å²) in [6.07, 6.45) is -1.31. The molecule has 206 valence electrons. The molecule has 40 heavy (non-hydrogen) atoms. The van der Waals surface area contributed by atoms with Crippen molar-refractivity contribution in [1.82, 2.24) is 14.5 Å². The molecule has 1 aliphatic rings. The quantitative estimate of drug-likeness (QED) is 0.323. The van der Waals surface area contributed by atoms with Crippen LogP contribution < -0.4 is 15.6 Å². The number of carbonyl (C=O) groups excluding carboxylic acids is 1.